The van der Waals surface area contributed by atoms with Crippen LogP contribution in [-0.4, -0.2) is 10.0 Å². The summed E-state index contributed by atoms with van der Waals surface area (Å²) in [6.45, 7) is 7.50. The predicted octanol–water partition coefficient (Wildman–Crippen LogP) is 2.84. The minimum atomic E-state index is -0.668. The highest BCUT2D eigenvalue weighted by Gasteiger charge is 2.17. The van der Waals surface area contributed by atoms with E-state index >= 15 is 0 Å². The molecule has 0 aliphatic rings. The van der Waals surface area contributed by atoms with Crippen molar-refractivity contribution in [1.82, 2.24) is 0 Å². The van der Waals surface area contributed by atoms with Crippen molar-refractivity contribution in [3.63, 3.8) is 0 Å². The molecule has 1 aromatic carbocycles. The molecule has 0 fully saturated rings. The zero-order valence-electron chi connectivity index (χ0n) is 9.38. The van der Waals surface area contributed by atoms with Gasteiger partial charge in [-0.25, -0.2) is 0 Å². The van der Waals surface area contributed by atoms with E-state index in [0.717, 1.165) is 5.57 Å². The quantitative estimate of drug-likeness (QED) is 0.483. The molecular weight excluding hydrogens is 206 g/mol. The van der Waals surface area contributed by atoms with Gasteiger partial charge < -0.3 is 5.11 Å². The van der Waals surface area contributed by atoms with Crippen molar-refractivity contribution in [3.8, 4) is 0 Å². The third kappa shape index (κ3) is 2.67. The summed E-state index contributed by atoms with van der Waals surface area (Å²) in [6, 6.07) is 5.93. The number of hydrogen-bond acceptors (Lipinski definition) is 3. The monoisotopic (exact) mass is 221 g/mol. The van der Waals surface area contributed by atoms with Crippen molar-refractivity contribution in [2.75, 3.05) is 0 Å². The minimum Gasteiger partial charge on any atom is -0.388 e. The first kappa shape index (κ1) is 12.4. The molecule has 4 nitrogen and oxygen atoms in total. The molecule has 0 radical (unpaired) electrons. The summed E-state index contributed by atoms with van der Waals surface area (Å²) >= 11 is 0. The van der Waals surface area contributed by atoms with Crippen LogP contribution in [0.2, 0.25) is 0 Å². The smallest absolute Gasteiger partial charge is 0.269 e. The van der Waals surface area contributed by atoms with Crippen LogP contribution in [0, 0.1) is 16.0 Å². The van der Waals surface area contributed by atoms with Crippen LogP contribution in [0.4, 0.5) is 5.69 Å². The molecule has 1 aromatic rings. The zero-order valence-corrected chi connectivity index (χ0v) is 9.38. The highest BCUT2D eigenvalue weighted by molar-refractivity contribution is 5.34. The molecule has 0 saturated carbocycles. The van der Waals surface area contributed by atoms with Gasteiger partial charge in [-0.3, -0.25) is 10.1 Å². The Balaban J connectivity index is 2.89. The number of aliphatic hydroxyl groups excluding tert-OH is 1. The van der Waals surface area contributed by atoms with E-state index in [-0.39, 0.29) is 11.6 Å². The summed E-state index contributed by atoms with van der Waals surface area (Å²) in [6.07, 6.45) is -0.668. The van der Waals surface area contributed by atoms with E-state index in [4.69, 9.17) is 0 Å². The Morgan fingerprint density at radius 2 is 1.94 bits per heavy atom. The second kappa shape index (κ2) is 4.90. The van der Waals surface area contributed by atoms with E-state index in [1.54, 1.807) is 12.1 Å². The molecular formula is C12H15NO3. The van der Waals surface area contributed by atoms with Crippen LogP contribution in [-0.2, 0) is 0 Å². The number of rotatable bonds is 4. The zero-order chi connectivity index (χ0) is 12.3. The maximum atomic E-state index is 10.5. The van der Waals surface area contributed by atoms with Crippen LogP contribution in [0.1, 0.15) is 25.5 Å². The lowest BCUT2D eigenvalue weighted by Gasteiger charge is -2.19. The molecule has 2 unspecified atom stereocenters. The Hall–Kier alpha value is -1.68. The fourth-order valence-corrected chi connectivity index (χ4v) is 1.35. The molecule has 0 saturated heterocycles. The average molecular weight is 221 g/mol. The van der Waals surface area contributed by atoms with Crippen molar-refractivity contribution >= 4 is 5.69 Å². The molecule has 1 N–H and O–H groups in total. The Labute approximate surface area is 94.4 Å². The SMILES string of the molecule is C=C(C)C(C)C(O)c1ccc([N+](=O)[O-])cc1. The number of aliphatic hydroxyl groups is 1. The molecule has 0 bridgehead atoms. The van der Waals surface area contributed by atoms with Crippen LogP contribution in [0.15, 0.2) is 36.4 Å². The van der Waals surface area contributed by atoms with Crippen molar-refractivity contribution in [3.05, 3.63) is 52.1 Å². The van der Waals surface area contributed by atoms with Gasteiger partial charge in [0, 0.05) is 18.1 Å². The summed E-state index contributed by atoms with van der Waals surface area (Å²) in [7, 11) is 0. The molecule has 0 aromatic heterocycles. The van der Waals surface area contributed by atoms with E-state index in [1.807, 2.05) is 13.8 Å². The first-order valence-electron chi connectivity index (χ1n) is 5.01. The molecule has 86 valence electrons. The normalized spacial score (nSPS) is 14.2. The van der Waals surface area contributed by atoms with Gasteiger partial charge in [0.05, 0.1) is 11.0 Å². The highest BCUT2D eigenvalue weighted by atomic mass is 16.6. The second-order valence-corrected chi connectivity index (χ2v) is 3.93. The number of nitro benzene ring substituents is 1. The van der Waals surface area contributed by atoms with Gasteiger partial charge in [0.2, 0.25) is 0 Å². The van der Waals surface area contributed by atoms with E-state index in [9.17, 15) is 15.2 Å². The minimum absolute atomic E-state index is 0.0268. The Morgan fingerprint density at radius 3 is 2.31 bits per heavy atom. The fraction of sp³-hybridized carbons (Fsp3) is 0.333. The summed E-state index contributed by atoms with van der Waals surface area (Å²) in [5.41, 5.74) is 1.57. The van der Waals surface area contributed by atoms with Crippen LogP contribution in [0.5, 0.6) is 0 Å². The first-order valence-corrected chi connectivity index (χ1v) is 5.01. The van der Waals surface area contributed by atoms with Gasteiger partial charge >= 0.3 is 0 Å². The summed E-state index contributed by atoms with van der Waals surface area (Å²) in [5.74, 6) is -0.0681. The molecule has 2 atom stereocenters. The van der Waals surface area contributed by atoms with Gasteiger partial charge in [-0.2, -0.15) is 0 Å². The molecule has 0 spiro atoms. The van der Waals surface area contributed by atoms with Crippen molar-refractivity contribution in [1.29, 1.82) is 0 Å². The van der Waals surface area contributed by atoms with Gasteiger partial charge in [-0.05, 0) is 24.6 Å². The Bertz CT molecular complexity index is 397. The third-order valence-corrected chi connectivity index (χ3v) is 2.70. The molecule has 4 heteroatoms. The first-order chi connectivity index (χ1) is 7.43. The van der Waals surface area contributed by atoms with Crippen LogP contribution in [0.25, 0.3) is 0 Å². The van der Waals surface area contributed by atoms with E-state index < -0.39 is 11.0 Å². The maximum absolute atomic E-state index is 10.5. The predicted molar refractivity (Wildman–Crippen MR) is 62.0 cm³/mol. The Morgan fingerprint density at radius 1 is 1.44 bits per heavy atom. The van der Waals surface area contributed by atoms with Gasteiger partial charge in [0.15, 0.2) is 0 Å². The number of nitro groups is 1. The lowest BCUT2D eigenvalue weighted by atomic mass is 9.92. The number of benzene rings is 1. The van der Waals surface area contributed by atoms with Crippen LogP contribution in [0.3, 0.4) is 0 Å². The Kier molecular flexibility index (Phi) is 3.79. The number of non-ortho nitro benzene ring substituents is 1. The largest absolute Gasteiger partial charge is 0.388 e. The maximum Gasteiger partial charge on any atom is 0.269 e. The molecule has 0 heterocycles. The topological polar surface area (TPSA) is 63.4 Å². The lowest BCUT2D eigenvalue weighted by Crippen LogP contribution is -2.09. The van der Waals surface area contributed by atoms with E-state index in [1.165, 1.54) is 12.1 Å². The van der Waals surface area contributed by atoms with Gasteiger partial charge in [0.1, 0.15) is 0 Å². The van der Waals surface area contributed by atoms with Gasteiger partial charge in [-0.1, -0.05) is 19.1 Å². The summed E-state index contributed by atoms with van der Waals surface area (Å²) in [4.78, 5) is 9.99. The van der Waals surface area contributed by atoms with Crippen LogP contribution < -0.4 is 0 Å². The van der Waals surface area contributed by atoms with Crippen molar-refractivity contribution in [2.24, 2.45) is 5.92 Å². The van der Waals surface area contributed by atoms with Gasteiger partial charge in [0.25, 0.3) is 5.69 Å². The van der Waals surface area contributed by atoms with Crippen molar-refractivity contribution < 1.29 is 10.0 Å². The summed E-state index contributed by atoms with van der Waals surface area (Å²) in [5, 5.41) is 20.4. The van der Waals surface area contributed by atoms with Crippen molar-refractivity contribution in [2.45, 2.75) is 20.0 Å². The molecule has 0 aliphatic heterocycles. The summed E-state index contributed by atoms with van der Waals surface area (Å²) < 4.78 is 0. The standard InChI is InChI=1S/C12H15NO3/c1-8(2)9(3)12(14)10-4-6-11(7-5-10)13(15)16/h4-7,9,12,14H,1H2,2-3H3. The third-order valence-electron chi connectivity index (χ3n) is 2.70. The number of nitrogens with zero attached hydrogens (tertiary/aromatic N) is 1. The molecule has 1 rings (SSSR count). The highest BCUT2D eigenvalue weighted by Crippen LogP contribution is 2.27. The van der Waals surface area contributed by atoms with Gasteiger partial charge in [-0.15, -0.1) is 0 Å². The number of hydrogen-bond donors (Lipinski definition) is 1. The second-order valence-electron chi connectivity index (χ2n) is 3.93. The molecule has 16 heavy (non-hydrogen) atoms. The van der Waals surface area contributed by atoms with E-state index in [2.05, 4.69) is 6.58 Å². The van der Waals surface area contributed by atoms with Crippen LogP contribution >= 0.6 is 0 Å². The fourth-order valence-electron chi connectivity index (χ4n) is 1.35. The molecule has 0 amide bonds. The lowest BCUT2D eigenvalue weighted by molar-refractivity contribution is -0.384. The molecule has 0 aliphatic carbocycles. The van der Waals surface area contributed by atoms with E-state index in [0.29, 0.717) is 5.56 Å². The average Bonchev–Trinajstić information content (AvgIpc) is 2.27.